The Morgan fingerprint density at radius 3 is 2.31 bits per heavy atom. The smallest absolute Gasteiger partial charge is 0.267 e. The average Bonchev–Trinajstić information content (AvgIpc) is 3.16. The summed E-state index contributed by atoms with van der Waals surface area (Å²) < 4.78 is 2.26. The molecular formula is C21H19N3OS. The molecule has 2 aromatic heterocycles. The minimum atomic E-state index is -0.0752. The van der Waals surface area contributed by atoms with Crippen molar-refractivity contribution in [2.24, 2.45) is 0 Å². The first-order chi connectivity index (χ1) is 12.4. The van der Waals surface area contributed by atoms with Crippen LogP contribution in [0.15, 0.2) is 59.4 Å². The highest BCUT2D eigenvalue weighted by molar-refractivity contribution is 7.15. The van der Waals surface area contributed by atoms with Crippen molar-refractivity contribution >= 4 is 22.4 Å². The fourth-order valence-corrected chi connectivity index (χ4v) is 3.78. The van der Waals surface area contributed by atoms with Crippen molar-refractivity contribution in [2.75, 3.05) is 0 Å². The molecule has 0 aliphatic heterocycles. The molecule has 0 saturated heterocycles. The van der Waals surface area contributed by atoms with Gasteiger partial charge >= 0.3 is 0 Å². The molecule has 4 nitrogen and oxygen atoms in total. The summed E-state index contributed by atoms with van der Waals surface area (Å²) in [6.07, 6.45) is 1.90. The van der Waals surface area contributed by atoms with Crippen molar-refractivity contribution in [3.63, 3.8) is 0 Å². The summed E-state index contributed by atoms with van der Waals surface area (Å²) in [6.45, 7) is 6.53. The molecule has 4 aromatic rings. The Kier molecular flexibility index (Phi) is 3.96. The predicted octanol–water partition coefficient (Wildman–Crippen LogP) is 3.66. The number of aromatic nitrogens is 3. The molecule has 0 aliphatic carbocycles. The molecule has 0 aliphatic rings. The molecule has 0 fully saturated rings. The van der Waals surface area contributed by atoms with Crippen LogP contribution in [0.4, 0.5) is 0 Å². The van der Waals surface area contributed by atoms with Gasteiger partial charge in [-0.3, -0.25) is 4.79 Å². The highest BCUT2D eigenvalue weighted by Crippen LogP contribution is 2.25. The largest absolute Gasteiger partial charge is 0.276 e. The van der Waals surface area contributed by atoms with E-state index in [4.69, 9.17) is 0 Å². The minimum Gasteiger partial charge on any atom is -0.267 e. The van der Waals surface area contributed by atoms with E-state index < -0.39 is 0 Å². The molecule has 0 N–H and O–H groups in total. The van der Waals surface area contributed by atoms with Crippen molar-refractivity contribution in [3.05, 3.63) is 80.6 Å². The molecule has 0 atom stereocenters. The molecule has 0 saturated carbocycles. The summed E-state index contributed by atoms with van der Waals surface area (Å²) >= 11 is 1.36. The van der Waals surface area contributed by atoms with E-state index in [1.807, 2.05) is 48.5 Å². The zero-order valence-corrected chi connectivity index (χ0v) is 15.7. The highest BCUT2D eigenvalue weighted by Gasteiger charge is 2.16. The SMILES string of the molecule is CC(C)(C)c1ccc(-c2nnc3s/c(=C\c4ccccc4)c(=O)n23)cc1. The van der Waals surface area contributed by atoms with E-state index in [-0.39, 0.29) is 11.0 Å². The minimum absolute atomic E-state index is 0.0752. The van der Waals surface area contributed by atoms with Gasteiger partial charge in [-0.2, -0.15) is 0 Å². The Hall–Kier alpha value is -2.79. The average molecular weight is 361 g/mol. The van der Waals surface area contributed by atoms with Gasteiger partial charge in [0.2, 0.25) is 4.96 Å². The van der Waals surface area contributed by atoms with Gasteiger partial charge in [-0.1, -0.05) is 86.7 Å². The Labute approximate surface area is 155 Å². The molecule has 2 heterocycles. The maximum Gasteiger partial charge on any atom is 0.276 e. The lowest BCUT2D eigenvalue weighted by Gasteiger charge is -2.18. The van der Waals surface area contributed by atoms with E-state index in [0.717, 1.165) is 11.1 Å². The number of hydrogen-bond acceptors (Lipinski definition) is 4. The standard InChI is InChI=1S/C21H19N3OS/c1-21(2,3)16-11-9-15(10-12-16)18-22-23-20-24(18)19(25)17(26-20)13-14-7-5-4-6-8-14/h4-13H,1-3H3/b17-13-. The Morgan fingerprint density at radius 2 is 1.65 bits per heavy atom. The molecule has 26 heavy (non-hydrogen) atoms. The molecule has 0 bridgehead atoms. The number of nitrogens with zero attached hydrogens (tertiary/aromatic N) is 3. The van der Waals surface area contributed by atoms with Crippen LogP contribution in [0.5, 0.6) is 0 Å². The molecule has 2 aromatic carbocycles. The van der Waals surface area contributed by atoms with Gasteiger partial charge in [0, 0.05) is 5.56 Å². The normalized spacial score (nSPS) is 12.8. The molecule has 0 unspecified atom stereocenters. The molecular weight excluding hydrogens is 342 g/mol. The van der Waals surface area contributed by atoms with Crippen molar-refractivity contribution in [1.29, 1.82) is 0 Å². The molecule has 130 valence electrons. The number of rotatable bonds is 2. The van der Waals surface area contributed by atoms with Crippen LogP contribution in [-0.4, -0.2) is 14.6 Å². The van der Waals surface area contributed by atoms with E-state index >= 15 is 0 Å². The number of benzene rings is 2. The first-order valence-electron chi connectivity index (χ1n) is 8.49. The predicted molar refractivity (Wildman–Crippen MR) is 106 cm³/mol. The van der Waals surface area contributed by atoms with E-state index in [9.17, 15) is 4.79 Å². The molecule has 0 radical (unpaired) electrons. The van der Waals surface area contributed by atoms with Crippen LogP contribution in [0, 0.1) is 0 Å². The summed E-state index contributed by atoms with van der Waals surface area (Å²) in [4.78, 5) is 13.5. The van der Waals surface area contributed by atoms with E-state index in [1.165, 1.54) is 16.9 Å². The zero-order chi connectivity index (χ0) is 18.3. The summed E-state index contributed by atoms with van der Waals surface area (Å²) in [6, 6.07) is 18.0. The van der Waals surface area contributed by atoms with Crippen molar-refractivity contribution < 1.29 is 0 Å². The number of hydrogen-bond donors (Lipinski definition) is 0. The van der Waals surface area contributed by atoms with Crippen LogP contribution in [0.1, 0.15) is 31.9 Å². The van der Waals surface area contributed by atoms with Crippen LogP contribution in [0.25, 0.3) is 22.4 Å². The van der Waals surface area contributed by atoms with E-state index in [1.54, 1.807) is 4.40 Å². The van der Waals surface area contributed by atoms with Crippen LogP contribution >= 0.6 is 11.3 Å². The lowest BCUT2D eigenvalue weighted by molar-refractivity contribution is 0.590. The maximum atomic E-state index is 12.9. The first-order valence-corrected chi connectivity index (χ1v) is 9.31. The zero-order valence-electron chi connectivity index (χ0n) is 14.9. The fourth-order valence-electron chi connectivity index (χ4n) is 2.87. The third-order valence-electron chi connectivity index (χ3n) is 4.35. The van der Waals surface area contributed by atoms with Gasteiger partial charge in [-0.05, 0) is 22.6 Å². The van der Waals surface area contributed by atoms with Crippen LogP contribution < -0.4 is 10.1 Å². The van der Waals surface area contributed by atoms with Gasteiger partial charge in [-0.15, -0.1) is 10.2 Å². The van der Waals surface area contributed by atoms with Crippen molar-refractivity contribution in [1.82, 2.24) is 14.6 Å². The summed E-state index contributed by atoms with van der Waals surface area (Å²) in [5.41, 5.74) is 3.15. The molecule has 5 heteroatoms. The first kappa shape index (κ1) is 16.7. The highest BCUT2D eigenvalue weighted by atomic mass is 32.1. The lowest BCUT2D eigenvalue weighted by atomic mass is 9.87. The third-order valence-corrected chi connectivity index (χ3v) is 5.31. The summed E-state index contributed by atoms with van der Waals surface area (Å²) in [5, 5.41) is 8.44. The number of thiazole rings is 1. The number of fused-ring (bicyclic) bond motifs is 1. The van der Waals surface area contributed by atoms with Gasteiger partial charge in [0.15, 0.2) is 5.82 Å². The van der Waals surface area contributed by atoms with Crippen LogP contribution in [0.3, 0.4) is 0 Å². The van der Waals surface area contributed by atoms with Gasteiger partial charge in [0.1, 0.15) is 0 Å². The van der Waals surface area contributed by atoms with Gasteiger partial charge in [-0.25, -0.2) is 4.40 Å². The van der Waals surface area contributed by atoms with Gasteiger partial charge in [0.25, 0.3) is 5.56 Å². The van der Waals surface area contributed by atoms with Crippen LogP contribution in [-0.2, 0) is 5.41 Å². The van der Waals surface area contributed by atoms with Crippen molar-refractivity contribution in [3.8, 4) is 11.4 Å². The maximum absolute atomic E-state index is 12.9. The molecule has 0 amide bonds. The summed E-state index contributed by atoms with van der Waals surface area (Å²) in [7, 11) is 0. The summed E-state index contributed by atoms with van der Waals surface area (Å²) in [5.74, 6) is 0.592. The second-order valence-electron chi connectivity index (χ2n) is 7.30. The van der Waals surface area contributed by atoms with Crippen LogP contribution in [0.2, 0.25) is 0 Å². The van der Waals surface area contributed by atoms with E-state index in [0.29, 0.717) is 15.3 Å². The lowest BCUT2D eigenvalue weighted by Crippen LogP contribution is -2.23. The molecule has 0 spiro atoms. The monoisotopic (exact) mass is 361 g/mol. The fraction of sp³-hybridized carbons (Fsp3) is 0.190. The molecule has 4 rings (SSSR count). The van der Waals surface area contributed by atoms with Gasteiger partial charge in [0.05, 0.1) is 4.53 Å². The Balaban J connectivity index is 1.83. The van der Waals surface area contributed by atoms with Gasteiger partial charge < -0.3 is 0 Å². The van der Waals surface area contributed by atoms with Crippen molar-refractivity contribution in [2.45, 2.75) is 26.2 Å². The second kappa shape index (κ2) is 6.18. The Bertz CT molecular complexity index is 1170. The topological polar surface area (TPSA) is 47.3 Å². The third kappa shape index (κ3) is 2.95. The Morgan fingerprint density at radius 1 is 0.962 bits per heavy atom. The quantitative estimate of drug-likeness (QED) is 0.547. The second-order valence-corrected chi connectivity index (χ2v) is 8.30. The van der Waals surface area contributed by atoms with E-state index in [2.05, 4.69) is 43.1 Å².